The number of aliphatic imine (C=N–C) groups is 1. The molecule has 1 aromatic rings. The Morgan fingerprint density at radius 2 is 2.03 bits per heavy atom. The molecule has 31 heavy (non-hydrogen) atoms. The molecule has 160 valence electrons. The molecule has 0 fully saturated rings. The van der Waals surface area contributed by atoms with Crippen molar-refractivity contribution in [1.29, 1.82) is 0 Å². The molecular weight excluding hydrogens is 394 g/mol. The summed E-state index contributed by atoms with van der Waals surface area (Å²) in [7, 11) is 0. The van der Waals surface area contributed by atoms with Gasteiger partial charge in [-0.2, -0.15) is 0 Å². The summed E-state index contributed by atoms with van der Waals surface area (Å²) in [5, 5.41) is 6.84. The number of anilines is 1. The van der Waals surface area contributed by atoms with Gasteiger partial charge in [-0.15, -0.1) is 0 Å². The maximum Gasteiger partial charge on any atom is 0.254 e. The van der Waals surface area contributed by atoms with E-state index in [0.29, 0.717) is 35.6 Å². The largest absolute Gasteiger partial charge is 0.381 e. The lowest BCUT2D eigenvalue weighted by Crippen LogP contribution is -2.35. The number of nitrogens with zero attached hydrogens (tertiary/aromatic N) is 4. The van der Waals surface area contributed by atoms with Crippen molar-refractivity contribution in [3.05, 3.63) is 47.1 Å². The van der Waals surface area contributed by atoms with Gasteiger partial charge in [-0.3, -0.25) is 19.6 Å². The Balaban J connectivity index is 1.48. The van der Waals surface area contributed by atoms with Crippen molar-refractivity contribution in [1.82, 2.24) is 9.97 Å². The molecule has 0 bridgehead atoms. The van der Waals surface area contributed by atoms with Gasteiger partial charge in [0.2, 0.25) is 5.78 Å². The van der Waals surface area contributed by atoms with Crippen LogP contribution >= 0.6 is 0 Å². The standard InChI is InChI=1S/C23H25N5O3/c1-13-7-8-15(20-21(29)23(3,4)31-28-20)10-17(13)18-11-26-19(12-25-18)27-22(30)16-6-5-9-24-14(16)2/h7-9,11-12,15H,5-6,10H2,1-4H3,(H,26,27,30). The predicted octanol–water partition coefficient (Wildman–Crippen LogP) is 3.64. The monoisotopic (exact) mass is 419 g/mol. The van der Waals surface area contributed by atoms with Crippen LogP contribution in [0.2, 0.25) is 0 Å². The number of allylic oxidation sites excluding steroid dienone is 5. The molecule has 1 unspecified atom stereocenters. The maximum atomic E-state index is 12.6. The van der Waals surface area contributed by atoms with E-state index in [0.717, 1.165) is 23.3 Å². The van der Waals surface area contributed by atoms with Gasteiger partial charge in [-0.1, -0.05) is 17.3 Å². The molecule has 3 aliphatic rings. The topological polar surface area (TPSA) is 106 Å². The van der Waals surface area contributed by atoms with Gasteiger partial charge in [0, 0.05) is 23.4 Å². The Kier molecular flexibility index (Phi) is 5.39. The second-order valence-electron chi connectivity index (χ2n) is 8.39. The van der Waals surface area contributed by atoms with Crippen LogP contribution in [0.1, 0.15) is 52.7 Å². The van der Waals surface area contributed by atoms with Crippen molar-refractivity contribution in [3.63, 3.8) is 0 Å². The zero-order valence-electron chi connectivity index (χ0n) is 18.1. The Hall–Kier alpha value is -3.42. The molecule has 4 rings (SSSR count). The molecule has 1 amide bonds. The Bertz CT molecular complexity index is 1090. The highest BCUT2D eigenvalue weighted by Crippen LogP contribution is 2.34. The number of hydrogen-bond donors (Lipinski definition) is 1. The summed E-state index contributed by atoms with van der Waals surface area (Å²) in [6, 6.07) is 0. The van der Waals surface area contributed by atoms with E-state index < -0.39 is 5.60 Å². The van der Waals surface area contributed by atoms with Crippen molar-refractivity contribution < 1.29 is 14.4 Å². The lowest BCUT2D eigenvalue weighted by molar-refractivity contribution is -0.128. The van der Waals surface area contributed by atoms with Gasteiger partial charge in [0.1, 0.15) is 5.71 Å². The molecule has 8 heteroatoms. The molecule has 1 N–H and O–H groups in total. The lowest BCUT2D eigenvalue weighted by atomic mass is 9.82. The number of oxime groups is 1. The molecular formula is C23H25N5O3. The van der Waals surface area contributed by atoms with Crippen molar-refractivity contribution in [2.24, 2.45) is 16.1 Å². The van der Waals surface area contributed by atoms with Crippen LogP contribution in [0.3, 0.4) is 0 Å². The van der Waals surface area contributed by atoms with Gasteiger partial charge in [-0.25, -0.2) is 4.98 Å². The van der Waals surface area contributed by atoms with Crippen LogP contribution in [0.5, 0.6) is 0 Å². The van der Waals surface area contributed by atoms with Crippen LogP contribution in [0.15, 0.2) is 51.5 Å². The van der Waals surface area contributed by atoms with Crippen LogP contribution in [-0.4, -0.2) is 39.2 Å². The molecule has 0 saturated heterocycles. The van der Waals surface area contributed by atoms with Gasteiger partial charge in [0.25, 0.3) is 5.91 Å². The second-order valence-corrected chi connectivity index (χ2v) is 8.39. The number of Topliss-reactive ketones (excluding diaryl/α,β-unsaturated/α-hetero) is 1. The predicted molar refractivity (Wildman–Crippen MR) is 119 cm³/mol. The highest BCUT2D eigenvalue weighted by molar-refractivity contribution is 6.44. The molecule has 3 heterocycles. The SMILES string of the molecule is CC1=C(c2cnc(NC(=O)C3=C(C)N=CCC3)cn2)CC(C2=NOC(C)(C)C2=O)C=C1. The second kappa shape index (κ2) is 8.02. The van der Waals surface area contributed by atoms with Crippen molar-refractivity contribution >= 4 is 35.0 Å². The summed E-state index contributed by atoms with van der Waals surface area (Å²) in [6.07, 6.45) is 11.0. The first kappa shape index (κ1) is 20.8. The number of rotatable bonds is 4. The minimum atomic E-state index is -0.920. The van der Waals surface area contributed by atoms with Crippen LogP contribution in [0.4, 0.5) is 5.82 Å². The third-order valence-corrected chi connectivity index (χ3v) is 5.70. The van der Waals surface area contributed by atoms with Crippen LogP contribution in [-0.2, 0) is 14.4 Å². The number of ketones is 1. The summed E-state index contributed by atoms with van der Waals surface area (Å²) < 4.78 is 0. The van der Waals surface area contributed by atoms with E-state index in [1.165, 1.54) is 0 Å². The Labute approximate surface area is 180 Å². The maximum absolute atomic E-state index is 12.6. The highest BCUT2D eigenvalue weighted by Gasteiger charge is 2.42. The molecule has 8 nitrogen and oxygen atoms in total. The smallest absolute Gasteiger partial charge is 0.254 e. The van der Waals surface area contributed by atoms with E-state index >= 15 is 0 Å². The summed E-state index contributed by atoms with van der Waals surface area (Å²) in [5.41, 5.74) is 3.64. The quantitative estimate of drug-likeness (QED) is 0.802. The van der Waals surface area contributed by atoms with Crippen molar-refractivity contribution in [2.45, 2.75) is 52.6 Å². The van der Waals surface area contributed by atoms with Crippen LogP contribution in [0.25, 0.3) is 5.57 Å². The number of amides is 1. The zero-order valence-corrected chi connectivity index (χ0v) is 18.1. The summed E-state index contributed by atoms with van der Waals surface area (Å²) in [4.78, 5) is 43.5. The molecule has 0 radical (unpaired) electrons. The number of carbonyl (C=O) groups is 2. The molecule has 1 atom stereocenters. The minimum Gasteiger partial charge on any atom is -0.381 e. The van der Waals surface area contributed by atoms with E-state index in [-0.39, 0.29) is 17.6 Å². The first-order chi connectivity index (χ1) is 14.8. The number of carbonyl (C=O) groups excluding carboxylic acids is 2. The third-order valence-electron chi connectivity index (χ3n) is 5.70. The van der Waals surface area contributed by atoms with Crippen molar-refractivity contribution in [2.75, 3.05) is 5.32 Å². The highest BCUT2D eigenvalue weighted by atomic mass is 16.7. The molecule has 0 spiro atoms. The van der Waals surface area contributed by atoms with Gasteiger partial charge in [0.15, 0.2) is 11.4 Å². The van der Waals surface area contributed by atoms with Gasteiger partial charge < -0.3 is 10.2 Å². The average Bonchev–Trinajstić information content (AvgIpc) is 3.02. The molecule has 2 aliphatic heterocycles. The van der Waals surface area contributed by atoms with E-state index in [4.69, 9.17) is 4.84 Å². The number of aromatic nitrogens is 2. The summed E-state index contributed by atoms with van der Waals surface area (Å²) in [6.45, 7) is 7.26. The Morgan fingerprint density at radius 3 is 2.68 bits per heavy atom. The van der Waals surface area contributed by atoms with Gasteiger partial charge in [0.05, 0.1) is 18.1 Å². The number of nitrogens with one attached hydrogen (secondary N) is 1. The molecule has 1 aromatic heterocycles. The normalized spacial score (nSPS) is 22.5. The average molecular weight is 419 g/mol. The number of hydrogen-bond acceptors (Lipinski definition) is 7. The lowest BCUT2D eigenvalue weighted by Gasteiger charge is -2.20. The molecule has 0 saturated carbocycles. The molecule has 1 aliphatic carbocycles. The fourth-order valence-electron chi connectivity index (χ4n) is 3.78. The van der Waals surface area contributed by atoms with Gasteiger partial charge in [-0.05, 0) is 58.1 Å². The zero-order chi connectivity index (χ0) is 22.2. The minimum absolute atomic E-state index is 0.0955. The van der Waals surface area contributed by atoms with Crippen LogP contribution < -0.4 is 5.32 Å². The van der Waals surface area contributed by atoms with Gasteiger partial charge >= 0.3 is 0 Å². The fourth-order valence-corrected chi connectivity index (χ4v) is 3.78. The Morgan fingerprint density at radius 1 is 1.23 bits per heavy atom. The first-order valence-electron chi connectivity index (χ1n) is 10.3. The summed E-state index contributed by atoms with van der Waals surface area (Å²) in [5.74, 6) is -0.0825. The van der Waals surface area contributed by atoms with Crippen LogP contribution in [0, 0.1) is 5.92 Å². The van der Waals surface area contributed by atoms with E-state index in [1.807, 2.05) is 32.2 Å². The van der Waals surface area contributed by atoms with E-state index in [2.05, 4.69) is 25.4 Å². The third kappa shape index (κ3) is 4.10. The van der Waals surface area contributed by atoms with E-state index in [1.54, 1.807) is 26.2 Å². The van der Waals surface area contributed by atoms with E-state index in [9.17, 15) is 9.59 Å². The molecule has 0 aromatic carbocycles. The fraction of sp³-hybridized carbons (Fsp3) is 0.391. The van der Waals surface area contributed by atoms with Crippen molar-refractivity contribution in [3.8, 4) is 0 Å². The summed E-state index contributed by atoms with van der Waals surface area (Å²) >= 11 is 0. The first-order valence-corrected chi connectivity index (χ1v) is 10.3.